The molecule has 1 amide bonds. The average Bonchev–Trinajstić information content (AvgIpc) is 2.51. The quantitative estimate of drug-likeness (QED) is 0.681. The molecule has 0 bridgehead atoms. The monoisotopic (exact) mass is 355 g/mol. The minimum atomic E-state index is -3.54. The van der Waals surface area contributed by atoms with Crippen LogP contribution in [0.5, 0.6) is 0 Å². The van der Waals surface area contributed by atoms with Gasteiger partial charge in [0.25, 0.3) is 0 Å². The summed E-state index contributed by atoms with van der Waals surface area (Å²) < 4.78 is 25.5. The molecule has 0 N–H and O–H groups in total. The van der Waals surface area contributed by atoms with Crippen molar-refractivity contribution < 1.29 is 13.2 Å². The van der Waals surface area contributed by atoms with Crippen molar-refractivity contribution in [3.05, 3.63) is 24.3 Å². The third-order valence-electron chi connectivity index (χ3n) is 3.67. The van der Waals surface area contributed by atoms with Gasteiger partial charge in [0.15, 0.2) is 0 Å². The Morgan fingerprint density at radius 1 is 0.958 bits per heavy atom. The molecule has 0 saturated heterocycles. The molecule has 0 radical (unpaired) electrons. The van der Waals surface area contributed by atoms with Crippen LogP contribution in [0.4, 0.5) is 11.4 Å². The topological polar surface area (TPSA) is 60.9 Å². The van der Waals surface area contributed by atoms with E-state index in [0.29, 0.717) is 18.8 Å². The molecule has 1 aromatic rings. The molecule has 0 aliphatic rings. The maximum Gasteiger partial charge on any atom is 0.243 e. The first-order valence-corrected chi connectivity index (χ1v) is 10.1. The summed E-state index contributed by atoms with van der Waals surface area (Å²) in [6, 6.07) is 7.14. The third kappa shape index (κ3) is 5.70. The van der Waals surface area contributed by atoms with Gasteiger partial charge in [0.05, 0.1) is 11.9 Å². The molecule has 0 aliphatic carbocycles. The smallest absolute Gasteiger partial charge is 0.243 e. The zero-order chi connectivity index (χ0) is 18.3. The van der Waals surface area contributed by atoms with Gasteiger partial charge in [-0.05, 0) is 37.1 Å². The molecule has 0 aliphatic heterocycles. The van der Waals surface area contributed by atoms with Gasteiger partial charge < -0.3 is 9.80 Å². The lowest BCUT2D eigenvalue weighted by molar-refractivity contribution is -0.129. The molecular weight excluding hydrogens is 326 g/mol. The Balaban J connectivity index is 3.04. The van der Waals surface area contributed by atoms with Gasteiger partial charge in [0, 0.05) is 32.9 Å². The molecule has 136 valence electrons. The van der Waals surface area contributed by atoms with E-state index in [9.17, 15) is 13.2 Å². The molecule has 24 heavy (non-hydrogen) atoms. The number of benzene rings is 1. The van der Waals surface area contributed by atoms with Gasteiger partial charge in [0.2, 0.25) is 15.9 Å². The fourth-order valence-corrected chi connectivity index (χ4v) is 3.29. The summed E-state index contributed by atoms with van der Waals surface area (Å²) in [6.45, 7) is 5.13. The lowest BCUT2D eigenvalue weighted by atomic mass is 10.2. The molecule has 1 aromatic carbocycles. The van der Waals surface area contributed by atoms with Crippen LogP contribution >= 0.6 is 0 Å². The van der Waals surface area contributed by atoms with Gasteiger partial charge in [-0.25, -0.2) is 8.42 Å². The summed E-state index contributed by atoms with van der Waals surface area (Å²) in [5.74, 6) is -0.166. The molecule has 0 unspecified atom stereocenters. The Kier molecular flexibility index (Phi) is 7.54. The van der Waals surface area contributed by atoms with E-state index in [0.717, 1.165) is 24.8 Å². The third-order valence-corrected chi connectivity index (χ3v) is 4.81. The second kappa shape index (κ2) is 8.92. The van der Waals surface area contributed by atoms with Crippen molar-refractivity contribution in [1.82, 2.24) is 4.90 Å². The van der Waals surface area contributed by atoms with Crippen LogP contribution in [0, 0.1) is 0 Å². The van der Waals surface area contributed by atoms with Gasteiger partial charge >= 0.3 is 0 Å². The number of nitrogens with zero attached hydrogens (tertiary/aromatic N) is 3. The van der Waals surface area contributed by atoms with Crippen molar-refractivity contribution in [2.45, 2.75) is 26.7 Å². The first-order chi connectivity index (χ1) is 11.2. The number of carbonyl (C=O) groups is 1. The Hall–Kier alpha value is -1.76. The first kappa shape index (κ1) is 20.3. The number of hydrogen-bond acceptors (Lipinski definition) is 4. The van der Waals surface area contributed by atoms with E-state index in [1.165, 1.54) is 4.31 Å². The number of anilines is 2. The van der Waals surface area contributed by atoms with Crippen LogP contribution in [0.25, 0.3) is 0 Å². The van der Waals surface area contributed by atoms with Crippen LogP contribution < -0.4 is 9.21 Å². The van der Waals surface area contributed by atoms with E-state index in [4.69, 9.17) is 0 Å². The molecule has 0 saturated carbocycles. The Morgan fingerprint density at radius 3 is 1.79 bits per heavy atom. The van der Waals surface area contributed by atoms with Crippen LogP contribution in [0.15, 0.2) is 24.3 Å². The molecule has 0 aromatic heterocycles. The van der Waals surface area contributed by atoms with Gasteiger partial charge in [-0.2, -0.15) is 0 Å². The number of hydrogen-bond donors (Lipinski definition) is 0. The number of amides is 1. The molecule has 6 nitrogen and oxygen atoms in total. The maximum atomic E-state index is 12.5. The normalized spacial score (nSPS) is 11.2. The standard InChI is InChI=1S/C17H29N3O3S/c1-6-12-19(13-7-2)17(21)14-20(24(5,22)23)16-10-8-15(9-11-16)18(3)4/h8-11H,6-7,12-14H2,1-5H3. The molecule has 0 fully saturated rings. The van der Waals surface area contributed by atoms with E-state index in [-0.39, 0.29) is 12.5 Å². The van der Waals surface area contributed by atoms with E-state index in [1.54, 1.807) is 17.0 Å². The van der Waals surface area contributed by atoms with E-state index >= 15 is 0 Å². The largest absolute Gasteiger partial charge is 0.378 e. The highest BCUT2D eigenvalue weighted by atomic mass is 32.2. The Labute approximate surface area is 146 Å². The zero-order valence-corrected chi connectivity index (χ0v) is 16.1. The summed E-state index contributed by atoms with van der Waals surface area (Å²) >= 11 is 0. The van der Waals surface area contributed by atoms with E-state index in [2.05, 4.69) is 0 Å². The lowest BCUT2D eigenvalue weighted by Gasteiger charge is -2.27. The number of rotatable bonds is 9. The van der Waals surface area contributed by atoms with Crippen LogP contribution in [-0.2, 0) is 14.8 Å². The highest BCUT2D eigenvalue weighted by molar-refractivity contribution is 7.92. The van der Waals surface area contributed by atoms with Gasteiger partial charge in [-0.1, -0.05) is 13.8 Å². The fourth-order valence-electron chi connectivity index (χ4n) is 2.44. The summed E-state index contributed by atoms with van der Waals surface area (Å²) in [5, 5.41) is 0. The highest BCUT2D eigenvalue weighted by Gasteiger charge is 2.23. The van der Waals surface area contributed by atoms with Gasteiger partial charge in [-0.15, -0.1) is 0 Å². The molecule has 7 heteroatoms. The van der Waals surface area contributed by atoms with Crippen LogP contribution in [-0.4, -0.2) is 59.2 Å². The van der Waals surface area contributed by atoms with Crippen molar-refractivity contribution in [2.24, 2.45) is 0 Å². The number of sulfonamides is 1. The molecule has 0 spiro atoms. The number of carbonyl (C=O) groups excluding carboxylic acids is 1. The van der Waals surface area contributed by atoms with E-state index < -0.39 is 10.0 Å². The van der Waals surface area contributed by atoms with Crippen molar-refractivity contribution in [3.8, 4) is 0 Å². The second-order valence-electron chi connectivity index (χ2n) is 6.06. The second-order valence-corrected chi connectivity index (χ2v) is 7.97. The Bertz CT molecular complexity index is 621. The molecular formula is C17H29N3O3S. The van der Waals surface area contributed by atoms with Crippen molar-refractivity contribution in [2.75, 3.05) is 49.2 Å². The SMILES string of the molecule is CCCN(CCC)C(=O)CN(c1ccc(N(C)C)cc1)S(C)(=O)=O. The highest BCUT2D eigenvalue weighted by Crippen LogP contribution is 2.21. The average molecular weight is 356 g/mol. The van der Waals surface area contributed by atoms with E-state index in [1.807, 2.05) is 45.0 Å². The van der Waals surface area contributed by atoms with Crippen LogP contribution in [0.1, 0.15) is 26.7 Å². The summed E-state index contributed by atoms with van der Waals surface area (Å²) in [5.41, 5.74) is 1.47. The fraction of sp³-hybridized carbons (Fsp3) is 0.588. The van der Waals surface area contributed by atoms with Crippen molar-refractivity contribution in [1.29, 1.82) is 0 Å². The maximum absolute atomic E-state index is 12.5. The summed E-state index contributed by atoms with van der Waals surface area (Å²) in [7, 11) is 0.296. The van der Waals surface area contributed by atoms with Gasteiger partial charge in [-0.3, -0.25) is 9.10 Å². The predicted octanol–water partition coefficient (Wildman–Crippen LogP) is 2.17. The van der Waals surface area contributed by atoms with Gasteiger partial charge in [0.1, 0.15) is 6.54 Å². The lowest BCUT2D eigenvalue weighted by Crippen LogP contribution is -2.43. The summed E-state index contributed by atoms with van der Waals surface area (Å²) in [4.78, 5) is 16.2. The first-order valence-electron chi connectivity index (χ1n) is 8.23. The molecule has 0 heterocycles. The summed E-state index contributed by atoms with van der Waals surface area (Å²) in [6.07, 6.45) is 2.83. The predicted molar refractivity (Wildman–Crippen MR) is 100 cm³/mol. The minimum Gasteiger partial charge on any atom is -0.378 e. The molecule has 1 rings (SSSR count). The zero-order valence-electron chi connectivity index (χ0n) is 15.3. The minimum absolute atomic E-state index is 0.166. The Morgan fingerprint density at radius 2 is 1.42 bits per heavy atom. The van der Waals surface area contributed by atoms with Crippen LogP contribution in [0.3, 0.4) is 0 Å². The van der Waals surface area contributed by atoms with Crippen molar-refractivity contribution >= 4 is 27.3 Å². The molecule has 0 atom stereocenters. The van der Waals surface area contributed by atoms with Crippen LogP contribution in [0.2, 0.25) is 0 Å². The van der Waals surface area contributed by atoms with Crippen molar-refractivity contribution in [3.63, 3.8) is 0 Å².